The molecule has 6 heteroatoms. The van der Waals surface area contributed by atoms with Crippen LogP contribution in [0.5, 0.6) is 0 Å². The van der Waals surface area contributed by atoms with Crippen molar-refractivity contribution < 1.29 is 29.7 Å². The van der Waals surface area contributed by atoms with E-state index in [4.69, 9.17) is 15.3 Å². The second-order valence-electron chi connectivity index (χ2n) is 5.11. The van der Waals surface area contributed by atoms with Crippen LogP contribution in [0.4, 0.5) is 0 Å². The summed E-state index contributed by atoms with van der Waals surface area (Å²) < 4.78 is 0. The molecule has 3 N–H and O–H groups in total. The number of benzene rings is 2. The Kier molecular flexibility index (Phi) is 8.03. The van der Waals surface area contributed by atoms with Gasteiger partial charge in [0.1, 0.15) is 0 Å². The molecule has 0 spiro atoms. The minimum absolute atomic E-state index is 0.0880. The quantitative estimate of drug-likeness (QED) is 0.707. The first-order valence-corrected chi connectivity index (χ1v) is 7.51. The monoisotopic (exact) mass is 354 g/mol. The molecule has 2 aromatic carbocycles. The van der Waals surface area contributed by atoms with Crippen molar-refractivity contribution in [2.45, 2.75) is 6.92 Å². The average Bonchev–Trinajstić information content (AvgIpc) is 2.61. The molecule has 0 saturated carbocycles. The Morgan fingerprint density at radius 1 is 0.846 bits per heavy atom. The molecule has 0 heterocycles. The molecular weight excluding hydrogens is 336 g/mol. The van der Waals surface area contributed by atoms with Crippen LogP contribution >= 0.6 is 0 Å². The van der Waals surface area contributed by atoms with Crippen LogP contribution in [0.3, 0.4) is 0 Å². The normalized spacial score (nSPS) is 10.7. The minimum Gasteiger partial charge on any atom is -0.478 e. The molecule has 0 saturated heterocycles. The van der Waals surface area contributed by atoms with Gasteiger partial charge in [-0.15, -0.1) is 0 Å². The van der Waals surface area contributed by atoms with E-state index in [9.17, 15) is 14.4 Å². The smallest absolute Gasteiger partial charge is 0.336 e. The zero-order valence-corrected chi connectivity index (χ0v) is 14.0. The topological polar surface area (TPSA) is 112 Å². The fraction of sp³-hybridized carbons (Fsp3) is 0.0500. The van der Waals surface area contributed by atoms with E-state index in [1.807, 2.05) is 30.3 Å². The van der Waals surface area contributed by atoms with Gasteiger partial charge in [0.05, 0.1) is 5.56 Å². The first-order chi connectivity index (χ1) is 12.3. The van der Waals surface area contributed by atoms with Crippen molar-refractivity contribution in [1.29, 1.82) is 0 Å². The van der Waals surface area contributed by atoms with Gasteiger partial charge in [0, 0.05) is 11.6 Å². The van der Waals surface area contributed by atoms with Gasteiger partial charge < -0.3 is 15.3 Å². The van der Waals surface area contributed by atoms with Crippen LogP contribution in [0.2, 0.25) is 0 Å². The second kappa shape index (κ2) is 10.2. The van der Waals surface area contributed by atoms with Crippen LogP contribution in [-0.4, -0.2) is 33.2 Å². The Hall–Kier alpha value is -3.67. The van der Waals surface area contributed by atoms with E-state index in [0.717, 1.165) is 11.6 Å². The van der Waals surface area contributed by atoms with Crippen molar-refractivity contribution in [1.82, 2.24) is 0 Å². The lowest BCUT2D eigenvalue weighted by molar-refractivity contribution is -0.133. The van der Waals surface area contributed by atoms with Gasteiger partial charge in [0.25, 0.3) is 0 Å². The van der Waals surface area contributed by atoms with Crippen molar-refractivity contribution in [3.63, 3.8) is 0 Å². The van der Waals surface area contributed by atoms with E-state index >= 15 is 0 Å². The number of carbonyl (C=O) groups is 3. The third kappa shape index (κ3) is 7.27. The summed E-state index contributed by atoms with van der Waals surface area (Å²) in [6.45, 7) is 1.58. The molecule has 0 aromatic heterocycles. The van der Waals surface area contributed by atoms with Gasteiger partial charge >= 0.3 is 17.9 Å². The van der Waals surface area contributed by atoms with E-state index in [0.29, 0.717) is 11.1 Å². The summed E-state index contributed by atoms with van der Waals surface area (Å²) >= 11 is 0. The zero-order chi connectivity index (χ0) is 19.5. The van der Waals surface area contributed by atoms with E-state index in [-0.39, 0.29) is 5.56 Å². The summed E-state index contributed by atoms with van der Waals surface area (Å²) in [5.41, 5.74) is 1.73. The fourth-order valence-electron chi connectivity index (χ4n) is 1.86. The third-order valence-corrected chi connectivity index (χ3v) is 3.12. The molecule has 0 amide bonds. The van der Waals surface area contributed by atoms with Gasteiger partial charge in [-0.25, -0.2) is 14.4 Å². The number of aromatic carboxylic acids is 1. The summed E-state index contributed by atoms with van der Waals surface area (Å²) in [5.74, 6) is -3.06. The van der Waals surface area contributed by atoms with E-state index in [2.05, 4.69) is 0 Å². The lowest BCUT2D eigenvalue weighted by Gasteiger charge is -1.98. The third-order valence-electron chi connectivity index (χ3n) is 3.12. The standard InChI is InChI=1S/C10H8O4.C10H10O2/c11-9(12)6-5-7-3-1-2-4-8(7)10(13)14;1-8(10(11)12)7-9-5-3-2-4-6-9/h1-6H,(H,11,12)(H,13,14);2-7H,1H3,(H,11,12). The molecular formula is C20H18O6. The predicted octanol–water partition coefficient (Wildman–Crippen LogP) is 3.66. The van der Waals surface area contributed by atoms with E-state index in [1.54, 1.807) is 31.2 Å². The largest absolute Gasteiger partial charge is 0.478 e. The summed E-state index contributed by atoms with van der Waals surface area (Å²) in [7, 11) is 0. The van der Waals surface area contributed by atoms with Crippen molar-refractivity contribution in [2.24, 2.45) is 0 Å². The van der Waals surface area contributed by atoms with Gasteiger partial charge in [0.15, 0.2) is 0 Å². The van der Waals surface area contributed by atoms with Crippen molar-refractivity contribution >= 4 is 30.1 Å². The highest BCUT2D eigenvalue weighted by molar-refractivity contribution is 5.94. The number of hydrogen-bond acceptors (Lipinski definition) is 3. The maximum Gasteiger partial charge on any atom is 0.336 e. The predicted molar refractivity (Wildman–Crippen MR) is 97.8 cm³/mol. The molecule has 0 aliphatic carbocycles. The SMILES string of the molecule is CC(=Cc1ccccc1)C(=O)O.O=C(O)C=Cc1ccccc1C(=O)O. The zero-order valence-electron chi connectivity index (χ0n) is 14.0. The Balaban J connectivity index is 0.000000263. The summed E-state index contributed by atoms with van der Waals surface area (Å²) in [6, 6.07) is 15.6. The van der Waals surface area contributed by atoms with Crippen molar-refractivity contribution in [2.75, 3.05) is 0 Å². The number of carboxylic acid groups (broad SMARTS) is 3. The van der Waals surface area contributed by atoms with Crippen LogP contribution in [0.15, 0.2) is 66.2 Å². The first-order valence-electron chi connectivity index (χ1n) is 7.51. The van der Waals surface area contributed by atoms with Crippen LogP contribution in [0.1, 0.15) is 28.4 Å². The second-order valence-corrected chi connectivity index (χ2v) is 5.11. The molecule has 0 aliphatic rings. The molecule has 26 heavy (non-hydrogen) atoms. The molecule has 0 aliphatic heterocycles. The summed E-state index contributed by atoms with van der Waals surface area (Å²) in [4.78, 5) is 31.3. The molecule has 2 aromatic rings. The number of aliphatic carboxylic acids is 2. The Morgan fingerprint density at radius 2 is 1.42 bits per heavy atom. The van der Waals surface area contributed by atoms with Gasteiger partial charge in [-0.3, -0.25) is 0 Å². The van der Waals surface area contributed by atoms with E-state index < -0.39 is 17.9 Å². The van der Waals surface area contributed by atoms with Crippen molar-refractivity contribution in [3.8, 4) is 0 Å². The van der Waals surface area contributed by atoms with Gasteiger partial charge in [-0.1, -0.05) is 48.5 Å². The summed E-state index contributed by atoms with van der Waals surface area (Å²) in [5, 5.41) is 25.7. The van der Waals surface area contributed by atoms with Crippen LogP contribution < -0.4 is 0 Å². The van der Waals surface area contributed by atoms with Crippen LogP contribution in [-0.2, 0) is 9.59 Å². The van der Waals surface area contributed by atoms with Gasteiger partial charge in [-0.05, 0) is 36.3 Å². The molecule has 0 atom stereocenters. The maximum atomic E-state index is 10.7. The maximum absolute atomic E-state index is 10.7. The van der Waals surface area contributed by atoms with E-state index in [1.165, 1.54) is 12.1 Å². The number of rotatable bonds is 5. The number of hydrogen-bond donors (Lipinski definition) is 3. The lowest BCUT2D eigenvalue weighted by Crippen LogP contribution is -1.99. The highest BCUT2D eigenvalue weighted by Gasteiger charge is 2.05. The summed E-state index contributed by atoms with van der Waals surface area (Å²) in [6.07, 6.45) is 3.80. The molecule has 0 radical (unpaired) electrons. The molecule has 0 bridgehead atoms. The van der Waals surface area contributed by atoms with Gasteiger partial charge in [0.2, 0.25) is 0 Å². The molecule has 0 unspecified atom stereocenters. The minimum atomic E-state index is -1.11. The lowest BCUT2D eigenvalue weighted by atomic mass is 10.1. The highest BCUT2D eigenvalue weighted by atomic mass is 16.4. The molecule has 6 nitrogen and oxygen atoms in total. The Bertz CT molecular complexity index is 834. The first kappa shape index (κ1) is 20.4. The molecule has 2 rings (SSSR count). The van der Waals surface area contributed by atoms with Crippen molar-refractivity contribution in [3.05, 3.63) is 82.9 Å². The fourth-order valence-corrected chi connectivity index (χ4v) is 1.86. The Labute approximate surface area is 150 Å². The molecule has 0 fully saturated rings. The molecule has 134 valence electrons. The highest BCUT2D eigenvalue weighted by Crippen LogP contribution is 2.10. The van der Waals surface area contributed by atoms with Crippen LogP contribution in [0, 0.1) is 0 Å². The number of carboxylic acids is 3. The van der Waals surface area contributed by atoms with Crippen LogP contribution in [0.25, 0.3) is 12.2 Å². The average molecular weight is 354 g/mol. The van der Waals surface area contributed by atoms with Gasteiger partial charge in [-0.2, -0.15) is 0 Å². The Morgan fingerprint density at radius 3 is 1.96 bits per heavy atom.